The molecule has 0 bridgehead atoms. The summed E-state index contributed by atoms with van der Waals surface area (Å²) in [6.07, 6.45) is 1.90. The zero-order valence-electron chi connectivity index (χ0n) is 14.6. The maximum absolute atomic E-state index is 12.6. The summed E-state index contributed by atoms with van der Waals surface area (Å²) in [7, 11) is 3.12. The quantitative estimate of drug-likeness (QED) is 0.555. The number of aryl methyl sites for hydroxylation is 3. The first kappa shape index (κ1) is 15.4. The summed E-state index contributed by atoms with van der Waals surface area (Å²) in [4.78, 5) is 29.3. The van der Waals surface area contributed by atoms with Gasteiger partial charge in [-0.3, -0.25) is 18.3 Å². The van der Waals surface area contributed by atoms with E-state index in [-0.39, 0.29) is 11.2 Å². The van der Waals surface area contributed by atoms with Gasteiger partial charge in [0.1, 0.15) is 0 Å². The Labute approximate surface area is 143 Å². The lowest BCUT2D eigenvalue weighted by atomic mass is 10.1. The summed E-state index contributed by atoms with van der Waals surface area (Å²) < 4.78 is 6.37. The second-order valence-corrected chi connectivity index (χ2v) is 6.44. The van der Waals surface area contributed by atoms with Gasteiger partial charge >= 0.3 is 5.69 Å². The summed E-state index contributed by atoms with van der Waals surface area (Å²) >= 11 is 0. The Morgan fingerprint density at radius 2 is 1.76 bits per heavy atom. The van der Waals surface area contributed by atoms with Crippen molar-refractivity contribution in [2.75, 3.05) is 0 Å². The monoisotopic (exact) mass is 337 g/mol. The van der Waals surface area contributed by atoms with E-state index in [4.69, 9.17) is 0 Å². The van der Waals surface area contributed by atoms with Crippen molar-refractivity contribution in [2.45, 2.75) is 20.4 Å². The molecule has 0 saturated heterocycles. The lowest BCUT2D eigenvalue weighted by molar-refractivity contribution is 0.707. The van der Waals surface area contributed by atoms with Crippen molar-refractivity contribution in [3.05, 3.63) is 68.1 Å². The van der Waals surface area contributed by atoms with E-state index in [9.17, 15) is 9.59 Å². The van der Waals surface area contributed by atoms with Crippen molar-refractivity contribution in [3.63, 3.8) is 0 Å². The van der Waals surface area contributed by atoms with Gasteiger partial charge in [0, 0.05) is 26.0 Å². The summed E-state index contributed by atoms with van der Waals surface area (Å²) in [6, 6.07) is 8.19. The predicted molar refractivity (Wildman–Crippen MR) is 96.2 cm³/mol. The minimum absolute atomic E-state index is 0.335. The van der Waals surface area contributed by atoms with Crippen LogP contribution in [0.15, 0.2) is 40.1 Å². The van der Waals surface area contributed by atoms with Crippen LogP contribution >= 0.6 is 0 Å². The molecule has 3 aromatic heterocycles. The Bertz CT molecular complexity index is 1250. The van der Waals surface area contributed by atoms with Gasteiger partial charge in [0.25, 0.3) is 5.56 Å². The molecule has 0 aliphatic carbocycles. The zero-order chi connectivity index (χ0) is 17.9. The van der Waals surface area contributed by atoms with Crippen LogP contribution in [-0.4, -0.2) is 23.1 Å². The van der Waals surface area contributed by atoms with Gasteiger partial charge in [-0.1, -0.05) is 24.3 Å². The molecule has 0 unspecified atom stereocenters. The Kier molecular flexibility index (Phi) is 3.21. The van der Waals surface area contributed by atoms with Crippen molar-refractivity contribution in [1.82, 2.24) is 23.1 Å². The molecule has 1 aromatic carbocycles. The smallest absolute Gasteiger partial charge is 0.310 e. The number of rotatable bonds is 2. The van der Waals surface area contributed by atoms with Crippen LogP contribution in [-0.2, 0) is 20.6 Å². The van der Waals surface area contributed by atoms with E-state index in [0.717, 1.165) is 10.3 Å². The molecule has 0 aliphatic heterocycles. The highest BCUT2D eigenvalue weighted by Gasteiger charge is 2.19. The molecule has 0 fully saturated rings. The van der Waals surface area contributed by atoms with Crippen molar-refractivity contribution in [3.8, 4) is 0 Å². The standard InChI is InChI=1S/C18H19N5O2/c1-11-7-5-6-8-13(11)10-22-12(2)9-23-14-15(19-17(22)23)20(3)18(25)21(4)16(14)24/h5-9H,10H2,1-4H3. The van der Waals surface area contributed by atoms with Crippen LogP contribution in [0.2, 0.25) is 0 Å². The predicted octanol–water partition coefficient (Wildman–Crippen LogP) is 1.35. The third-order valence-electron chi connectivity index (χ3n) is 4.85. The van der Waals surface area contributed by atoms with Gasteiger partial charge in [-0.05, 0) is 25.0 Å². The minimum atomic E-state index is -0.375. The zero-order valence-corrected chi connectivity index (χ0v) is 14.6. The molecule has 4 rings (SSSR count). The number of imidazole rings is 2. The molecule has 0 N–H and O–H groups in total. The second kappa shape index (κ2) is 5.20. The van der Waals surface area contributed by atoms with Gasteiger partial charge in [0.15, 0.2) is 11.2 Å². The van der Waals surface area contributed by atoms with Gasteiger partial charge in [-0.2, -0.15) is 4.98 Å². The van der Waals surface area contributed by atoms with Crippen molar-refractivity contribution >= 4 is 16.9 Å². The molecule has 4 aromatic rings. The molecule has 0 amide bonds. The van der Waals surface area contributed by atoms with Gasteiger partial charge in [0.05, 0.1) is 6.54 Å². The van der Waals surface area contributed by atoms with E-state index >= 15 is 0 Å². The highest BCUT2D eigenvalue weighted by atomic mass is 16.2. The topological polar surface area (TPSA) is 66.2 Å². The molecule has 0 saturated carbocycles. The van der Waals surface area contributed by atoms with Crippen LogP contribution in [0.5, 0.6) is 0 Å². The molecule has 0 spiro atoms. The molecule has 0 radical (unpaired) electrons. The first-order valence-corrected chi connectivity index (χ1v) is 8.08. The van der Waals surface area contributed by atoms with Crippen molar-refractivity contribution in [2.24, 2.45) is 14.1 Å². The largest absolute Gasteiger partial charge is 0.332 e. The Morgan fingerprint density at radius 3 is 2.48 bits per heavy atom. The lowest BCUT2D eigenvalue weighted by Gasteiger charge is -2.08. The minimum Gasteiger partial charge on any atom is -0.310 e. The average Bonchev–Trinajstić information content (AvgIpc) is 3.09. The van der Waals surface area contributed by atoms with Crippen LogP contribution < -0.4 is 11.2 Å². The third kappa shape index (κ3) is 2.08. The summed E-state index contributed by atoms with van der Waals surface area (Å²) in [5, 5.41) is 0. The summed E-state index contributed by atoms with van der Waals surface area (Å²) in [5.74, 6) is 0.661. The van der Waals surface area contributed by atoms with Crippen LogP contribution in [0.1, 0.15) is 16.8 Å². The van der Waals surface area contributed by atoms with E-state index in [1.165, 1.54) is 22.7 Å². The highest BCUT2D eigenvalue weighted by molar-refractivity contribution is 5.75. The molecule has 7 nitrogen and oxygen atoms in total. The first-order chi connectivity index (χ1) is 11.9. The van der Waals surface area contributed by atoms with Crippen molar-refractivity contribution in [1.29, 1.82) is 0 Å². The number of nitrogens with zero attached hydrogens (tertiary/aromatic N) is 5. The summed E-state index contributed by atoms with van der Waals surface area (Å²) in [5.41, 5.74) is 3.52. The average molecular weight is 337 g/mol. The van der Waals surface area contributed by atoms with Gasteiger partial charge < -0.3 is 4.57 Å². The lowest BCUT2D eigenvalue weighted by Crippen LogP contribution is -2.37. The molecule has 0 atom stereocenters. The van der Waals surface area contributed by atoms with Crippen LogP contribution in [0.3, 0.4) is 0 Å². The van der Waals surface area contributed by atoms with Gasteiger partial charge in [-0.25, -0.2) is 4.79 Å². The van der Waals surface area contributed by atoms with Gasteiger partial charge in [0.2, 0.25) is 5.78 Å². The Morgan fingerprint density at radius 1 is 1.04 bits per heavy atom. The molecule has 3 heterocycles. The van der Waals surface area contributed by atoms with Crippen LogP contribution in [0.4, 0.5) is 0 Å². The Hall–Kier alpha value is -3.09. The normalized spacial score (nSPS) is 11.7. The van der Waals surface area contributed by atoms with Crippen LogP contribution in [0.25, 0.3) is 16.9 Å². The van der Waals surface area contributed by atoms with E-state index in [1.54, 1.807) is 11.4 Å². The fourth-order valence-electron chi connectivity index (χ4n) is 3.28. The molecular formula is C18H19N5O2. The fraction of sp³-hybridized carbons (Fsp3) is 0.278. The number of fused-ring (bicyclic) bond motifs is 3. The molecule has 7 heteroatoms. The Balaban J connectivity index is 2.05. The maximum atomic E-state index is 12.6. The number of hydrogen-bond donors (Lipinski definition) is 0. The second-order valence-electron chi connectivity index (χ2n) is 6.44. The van der Waals surface area contributed by atoms with E-state index in [1.807, 2.05) is 25.3 Å². The molecule has 0 aliphatic rings. The highest BCUT2D eigenvalue weighted by Crippen LogP contribution is 2.18. The molecular weight excluding hydrogens is 318 g/mol. The number of aromatic nitrogens is 5. The molecule has 128 valence electrons. The summed E-state index contributed by atoms with van der Waals surface area (Å²) in [6.45, 7) is 4.73. The number of hydrogen-bond acceptors (Lipinski definition) is 3. The number of benzene rings is 1. The van der Waals surface area contributed by atoms with Gasteiger partial charge in [-0.15, -0.1) is 0 Å². The third-order valence-corrected chi connectivity index (χ3v) is 4.85. The van der Waals surface area contributed by atoms with E-state index < -0.39 is 0 Å². The maximum Gasteiger partial charge on any atom is 0.332 e. The fourth-order valence-corrected chi connectivity index (χ4v) is 3.28. The first-order valence-electron chi connectivity index (χ1n) is 8.08. The van der Waals surface area contributed by atoms with E-state index in [0.29, 0.717) is 23.5 Å². The van der Waals surface area contributed by atoms with Crippen molar-refractivity contribution < 1.29 is 0 Å². The molecule has 25 heavy (non-hydrogen) atoms. The van der Waals surface area contributed by atoms with E-state index in [2.05, 4.69) is 28.6 Å². The SMILES string of the molecule is Cc1ccccc1Cn1c(C)cn2c3c(=O)n(C)c(=O)n(C)c3nc12. The van der Waals surface area contributed by atoms with Crippen LogP contribution in [0, 0.1) is 13.8 Å².